The maximum absolute atomic E-state index is 12.6. The number of aliphatic hydroxyl groups is 2. The van der Waals surface area contributed by atoms with Crippen molar-refractivity contribution in [3.8, 4) is 0 Å². The second-order valence-electron chi connectivity index (χ2n) is 3.75. The number of hydrogen-bond acceptors (Lipinski definition) is 5. The zero-order valence-electron chi connectivity index (χ0n) is 9.52. The van der Waals surface area contributed by atoms with Crippen LogP contribution in [0.1, 0.15) is 23.7 Å². The van der Waals surface area contributed by atoms with Crippen molar-refractivity contribution >= 4 is 11.4 Å². The molecule has 6 nitrogen and oxygen atoms in total. The first kappa shape index (κ1) is 15.2. The van der Waals surface area contributed by atoms with E-state index >= 15 is 0 Å². The summed E-state index contributed by atoms with van der Waals surface area (Å²) >= 11 is 0. The molecule has 1 aromatic carbocycles. The molecule has 0 aromatic heterocycles. The van der Waals surface area contributed by atoms with Crippen LogP contribution in [0.15, 0.2) is 12.1 Å². The summed E-state index contributed by atoms with van der Waals surface area (Å²) in [5.74, 6) is 0. The van der Waals surface area contributed by atoms with E-state index in [1.54, 1.807) is 0 Å². The maximum atomic E-state index is 12.6. The lowest BCUT2D eigenvalue weighted by atomic mass is 10.00. The number of nitrogens with two attached hydrogens (primary N) is 1. The second-order valence-corrected chi connectivity index (χ2v) is 3.75. The number of halogens is 3. The molecule has 0 aliphatic carbocycles. The Labute approximate surface area is 105 Å². The molecule has 106 valence electrons. The van der Waals surface area contributed by atoms with Crippen molar-refractivity contribution in [2.24, 2.45) is 0 Å². The van der Waals surface area contributed by atoms with Crippen molar-refractivity contribution in [3.63, 3.8) is 0 Å². The Balaban J connectivity index is 3.45. The van der Waals surface area contributed by atoms with Crippen molar-refractivity contribution in [1.82, 2.24) is 0 Å². The molecule has 0 radical (unpaired) electrons. The van der Waals surface area contributed by atoms with Crippen LogP contribution in [-0.4, -0.2) is 21.7 Å². The van der Waals surface area contributed by atoms with E-state index in [2.05, 4.69) is 0 Å². The Morgan fingerprint density at radius 3 is 2.42 bits per heavy atom. The SMILES string of the molecule is Nc1c(C(F)(F)F)ccc(C(O)CCO)c1[N+](=O)[O-]. The Hall–Kier alpha value is -1.87. The van der Waals surface area contributed by atoms with E-state index in [-0.39, 0.29) is 12.0 Å². The molecule has 0 fully saturated rings. The van der Waals surface area contributed by atoms with Crippen LogP contribution in [0.3, 0.4) is 0 Å². The van der Waals surface area contributed by atoms with Gasteiger partial charge in [-0.3, -0.25) is 10.1 Å². The molecule has 19 heavy (non-hydrogen) atoms. The molecule has 0 amide bonds. The van der Waals surface area contributed by atoms with Gasteiger partial charge in [0.1, 0.15) is 5.69 Å². The van der Waals surface area contributed by atoms with Gasteiger partial charge >= 0.3 is 6.18 Å². The van der Waals surface area contributed by atoms with Crippen LogP contribution in [0.4, 0.5) is 24.5 Å². The predicted molar refractivity (Wildman–Crippen MR) is 59.2 cm³/mol. The fourth-order valence-corrected chi connectivity index (χ4v) is 1.62. The summed E-state index contributed by atoms with van der Waals surface area (Å²) in [4.78, 5) is 9.73. The smallest absolute Gasteiger partial charge is 0.396 e. The molecule has 0 saturated heterocycles. The molecule has 0 aliphatic rings. The quantitative estimate of drug-likeness (QED) is 0.441. The fourth-order valence-electron chi connectivity index (χ4n) is 1.62. The molecule has 1 rings (SSSR count). The van der Waals surface area contributed by atoms with Crippen LogP contribution in [0.25, 0.3) is 0 Å². The summed E-state index contributed by atoms with van der Waals surface area (Å²) in [5, 5.41) is 29.0. The Kier molecular flexibility index (Phi) is 4.32. The Morgan fingerprint density at radius 2 is 2.00 bits per heavy atom. The minimum absolute atomic E-state index is 0.244. The summed E-state index contributed by atoms with van der Waals surface area (Å²) in [6, 6.07) is 1.36. The number of alkyl halides is 3. The lowest BCUT2D eigenvalue weighted by Gasteiger charge is -2.15. The lowest BCUT2D eigenvalue weighted by molar-refractivity contribution is -0.385. The summed E-state index contributed by atoms with van der Waals surface area (Å²) in [7, 11) is 0. The molecule has 0 aliphatic heterocycles. The normalized spacial score (nSPS) is 13.3. The van der Waals surface area contributed by atoms with Crippen molar-refractivity contribution in [1.29, 1.82) is 0 Å². The molecule has 0 bridgehead atoms. The van der Waals surface area contributed by atoms with Gasteiger partial charge in [0.25, 0.3) is 5.69 Å². The van der Waals surface area contributed by atoms with Gasteiger partial charge < -0.3 is 15.9 Å². The van der Waals surface area contributed by atoms with Crippen LogP contribution in [0.5, 0.6) is 0 Å². The van der Waals surface area contributed by atoms with Gasteiger partial charge in [0.05, 0.1) is 22.2 Å². The van der Waals surface area contributed by atoms with E-state index in [0.717, 1.165) is 6.07 Å². The molecule has 0 heterocycles. The highest BCUT2D eigenvalue weighted by Gasteiger charge is 2.38. The highest BCUT2D eigenvalue weighted by molar-refractivity contribution is 5.68. The Morgan fingerprint density at radius 1 is 1.42 bits per heavy atom. The van der Waals surface area contributed by atoms with Crippen LogP contribution >= 0.6 is 0 Å². The van der Waals surface area contributed by atoms with Gasteiger partial charge in [0.15, 0.2) is 0 Å². The third-order valence-electron chi connectivity index (χ3n) is 2.50. The molecule has 1 unspecified atom stereocenters. The zero-order chi connectivity index (χ0) is 14.8. The molecule has 1 aromatic rings. The topological polar surface area (TPSA) is 110 Å². The number of nitro groups is 1. The number of nitrogens with zero attached hydrogens (tertiary/aromatic N) is 1. The summed E-state index contributed by atoms with van der Waals surface area (Å²) < 4.78 is 37.7. The molecule has 1 atom stereocenters. The van der Waals surface area contributed by atoms with Gasteiger partial charge in [-0.25, -0.2) is 0 Å². The van der Waals surface area contributed by atoms with Gasteiger partial charge in [0, 0.05) is 13.0 Å². The lowest BCUT2D eigenvalue weighted by Crippen LogP contribution is -2.13. The molecular weight excluding hydrogens is 269 g/mol. The van der Waals surface area contributed by atoms with Crippen LogP contribution < -0.4 is 5.73 Å². The van der Waals surface area contributed by atoms with E-state index in [9.17, 15) is 28.4 Å². The summed E-state index contributed by atoms with van der Waals surface area (Å²) in [6.07, 6.45) is -6.53. The van der Waals surface area contributed by atoms with Gasteiger partial charge in [-0.05, 0) is 12.1 Å². The fraction of sp³-hybridized carbons (Fsp3) is 0.400. The Bertz CT molecular complexity index is 490. The van der Waals surface area contributed by atoms with E-state index in [0.29, 0.717) is 6.07 Å². The second kappa shape index (κ2) is 5.41. The number of anilines is 1. The first-order valence-electron chi connectivity index (χ1n) is 5.13. The first-order valence-corrected chi connectivity index (χ1v) is 5.13. The monoisotopic (exact) mass is 280 g/mol. The number of nitro benzene ring substituents is 1. The number of benzene rings is 1. The zero-order valence-corrected chi connectivity index (χ0v) is 9.52. The molecule has 9 heteroatoms. The largest absolute Gasteiger partial charge is 0.418 e. The molecule has 0 saturated carbocycles. The minimum Gasteiger partial charge on any atom is -0.396 e. The average Bonchev–Trinajstić information content (AvgIpc) is 2.26. The number of rotatable bonds is 4. The van der Waals surface area contributed by atoms with Gasteiger partial charge in [-0.15, -0.1) is 0 Å². The first-order chi connectivity index (χ1) is 8.70. The van der Waals surface area contributed by atoms with Crippen LogP contribution in [0.2, 0.25) is 0 Å². The van der Waals surface area contributed by atoms with E-state index in [4.69, 9.17) is 10.8 Å². The predicted octanol–water partition coefficient (Wildman–Crippen LogP) is 1.61. The number of aliphatic hydroxyl groups excluding tert-OH is 2. The average molecular weight is 280 g/mol. The van der Waals surface area contributed by atoms with Gasteiger partial charge in [-0.2, -0.15) is 13.2 Å². The summed E-state index contributed by atoms with van der Waals surface area (Å²) in [5.41, 5.74) is 1.44. The minimum atomic E-state index is -4.82. The summed E-state index contributed by atoms with van der Waals surface area (Å²) in [6.45, 7) is -0.473. The number of hydrogen-bond donors (Lipinski definition) is 3. The van der Waals surface area contributed by atoms with Crippen molar-refractivity contribution < 1.29 is 28.3 Å². The van der Waals surface area contributed by atoms with E-state index in [1.807, 2.05) is 0 Å². The third-order valence-corrected chi connectivity index (χ3v) is 2.50. The standard InChI is InChI=1S/C10H11F3N2O4/c11-10(12,13)6-2-1-5(7(17)3-4-16)9(8(6)14)15(18)19/h1-2,7,16-17H,3-4,14H2. The molecular formula is C10H11F3N2O4. The number of nitrogen functional groups attached to an aromatic ring is 1. The van der Waals surface area contributed by atoms with Crippen molar-refractivity contribution in [3.05, 3.63) is 33.4 Å². The van der Waals surface area contributed by atoms with Gasteiger partial charge in [0.2, 0.25) is 0 Å². The van der Waals surface area contributed by atoms with Crippen LogP contribution in [0, 0.1) is 10.1 Å². The highest BCUT2D eigenvalue weighted by atomic mass is 19.4. The van der Waals surface area contributed by atoms with Crippen LogP contribution in [-0.2, 0) is 6.18 Å². The van der Waals surface area contributed by atoms with Gasteiger partial charge in [-0.1, -0.05) is 0 Å². The third kappa shape index (κ3) is 3.12. The van der Waals surface area contributed by atoms with E-state index < -0.39 is 40.7 Å². The molecule has 4 N–H and O–H groups in total. The highest BCUT2D eigenvalue weighted by Crippen LogP contribution is 2.41. The maximum Gasteiger partial charge on any atom is 0.418 e. The van der Waals surface area contributed by atoms with Crippen molar-refractivity contribution in [2.45, 2.75) is 18.7 Å². The molecule has 0 spiro atoms. The van der Waals surface area contributed by atoms with E-state index in [1.165, 1.54) is 0 Å². The van der Waals surface area contributed by atoms with Crippen molar-refractivity contribution in [2.75, 3.05) is 12.3 Å².